The Morgan fingerprint density at radius 3 is 2.50 bits per heavy atom. The van der Waals surface area contributed by atoms with E-state index in [1.165, 1.54) is 11.1 Å². The smallest absolute Gasteiger partial charge is 0.407 e. The van der Waals surface area contributed by atoms with Crippen LogP contribution in [0.4, 0.5) is 4.79 Å². The molecule has 0 radical (unpaired) electrons. The predicted molar refractivity (Wildman–Crippen MR) is 129 cm³/mol. The van der Waals surface area contributed by atoms with Crippen molar-refractivity contribution in [2.24, 2.45) is 4.99 Å². The Morgan fingerprint density at radius 1 is 1.19 bits per heavy atom. The van der Waals surface area contributed by atoms with Gasteiger partial charge >= 0.3 is 6.09 Å². The molecule has 0 bridgehead atoms. The number of ether oxygens (including phenoxy) is 2. The van der Waals surface area contributed by atoms with Gasteiger partial charge in [0.1, 0.15) is 5.60 Å². The van der Waals surface area contributed by atoms with Crippen LogP contribution < -0.4 is 16.0 Å². The first-order chi connectivity index (χ1) is 15.3. The van der Waals surface area contributed by atoms with E-state index in [2.05, 4.69) is 57.0 Å². The van der Waals surface area contributed by atoms with Gasteiger partial charge in [0.2, 0.25) is 0 Å². The number of aliphatic imine (C=N–C) groups is 1. The number of carbonyl (C=O) groups is 1. The van der Waals surface area contributed by atoms with Crippen molar-refractivity contribution in [3.63, 3.8) is 0 Å². The molecule has 1 aromatic rings. The summed E-state index contributed by atoms with van der Waals surface area (Å²) in [4.78, 5) is 18.9. The molecular weight excluding hydrogens is 406 g/mol. The minimum Gasteiger partial charge on any atom is -0.444 e. The third kappa shape index (κ3) is 9.87. The van der Waals surface area contributed by atoms with E-state index in [9.17, 15) is 4.79 Å². The molecule has 0 aromatic heterocycles. The van der Waals surface area contributed by atoms with Crippen molar-refractivity contribution in [3.05, 3.63) is 35.4 Å². The van der Waals surface area contributed by atoms with Gasteiger partial charge in [-0.3, -0.25) is 9.89 Å². The van der Waals surface area contributed by atoms with Crippen LogP contribution >= 0.6 is 0 Å². The molecule has 1 aromatic carbocycles. The summed E-state index contributed by atoms with van der Waals surface area (Å²) in [6.07, 6.45) is 1.42. The summed E-state index contributed by atoms with van der Waals surface area (Å²) in [5.41, 5.74) is 2.05. The molecule has 3 N–H and O–H groups in total. The third-order valence-electron chi connectivity index (χ3n) is 5.16. The number of benzene rings is 1. The summed E-state index contributed by atoms with van der Waals surface area (Å²) in [6, 6.07) is 8.45. The maximum atomic E-state index is 12.2. The second-order valence-electron chi connectivity index (χ2n) is 9.10. The summed E-state index contributed by atoms with van der Waals surface area (Å²) in [7, 11) is 1.76. The zero-order chi connectivity index (χ0) is 23.4. The van der Waals surface area contributed by atoms with Gasteiger partial charge in [0.25, 0.3) is 0 Å². The van der Waals surface area contributed by atoms with Crippen LogP contribution in [0.5, 0.6) is 0 Å². The number of nitrogens with zero attached hydrogens (tertiary/aromatic N) is 2. The number of alkyl carbamates (subject to hydrolysis) is 1. The van der Waals surface area contributed by atoms with Gasteiger partial charge in [-0.15, -0.1) is 0 Å². The zero-order valence-corrected chi connectivity index (χ0v) is 20.4. The molecular formula is C24H41N5O3. The molecule has 1 saturated heterocycles. The van der Waals surface area contributed by atoms with E-state index in [1.54, 1.807) is 7.05 Å². The summed E-state index contributed by atoms with van der Waals surface area (Å²) >= 11 is 0. The number of carbonyl (C=O) groups excluding carboxylic acids is 1. The van der Waals surface area contributed by atoms with Crippen LogP contribution in [0, 0.1) is 0 Å². The Labute approximate surface area is 193 Å². The summed E-state index contributed by atoms with van der Waals surface area (Å²) in [6.45, 7) is 13.4. The summed E-state index contributed by atoms with van der Waals surface area (Å²) in [5, 5.41) is 9.70. The first kappa shape index (κ1) is 25.9. The SMILES string of the molecule is CCCC(CNC(=NC)NCc1ccccc1CN1CCOCC1)NC(=O)OC(C)(C)C. The lowest BCUT2D eigenvalue weighted by Gasteiger charge is -2.27. The average Bonchev–Trinajstić information content (AvgIpc) is 2.74. The van der Waals surface area contributed by atoms with Crippen LogP contribution in [0.15, 0.2) is 29.3 Å². The molecule has 0 spiro atoms. The van der Waals surface area contributed by atoms with Crippen molar-refractivity contribution in [2.75, 3.05) is 39.9 Å². The van der Waals surface area contributed by atoms with Crippen LogP contribution in [-0.4, -0.2) is 68.5 Å². The molecule has 8 nitrogen and oxygen atoms in total. The highest BCUT2D eigenvalue weighted by molar-refractivity contribution is 5.79. The largest absolute Gasteiger partial charge is 0.444 e. The van der Waals surface area contributed by atoms with Crippen molar-refractivity contribution in [1.82, 2.24) is 20.9 Å². The molecule has 1 aliphatic heterocycles. The molecule has 1 heterocycles. The van der Waals surface area contributed by atoms with Gasteiger partial charge in [0, 0.05) is 45.8 Å². The molecule has 2 rings (SSSR count). The fourth-order valence-electron chi connectivity index (χ4n) is 3.55. The fourth-order valence-corrected chi connectivity index (χ4v) is 3.55. The van der Waals surface area contributed by atoms with Gasteiger partial charge in [0.15, 0.2) is 5.96 Å². The lowest BCUT2D eigenvalue weighted by atomic mass is 10.1. The van der Waals surface area contributed by atoms with Crippen molar-refractivity contribution >= 4 is 12.1 Å². The number of amides is 1. The standard InChI is InChI=1S/C24H41N5O3/c1-6-9-21(28-23(30)32-24(2,3)4)17-27-22(25-5)26-16-19-10-7-8-11-20(19)18-29-12-14-31-15-13-29/h7-8,10-11,21H,6,9,12-18H2,1-5H3,(H,28,30)(H2,25,26,27). The second kappa shape index (κ2) is 13.3. The Balaban J connectivity index is 1.87. The van der Waals surface area contributed by atoms with Crippen LogP contribution in [0.3, 0.4) is 0 Å². The topological polar surface area (TPSA) is 87.2 Å². The van der Waals surface area contributed by atoms with Crippen molar-refractivity contribution < 1.29 is 14.3 Å². The van der Waals surface area contributed by atoms with Gasteiger partial charge in [-0.2, -0.15) is 0 Å². The minimum atomic E-state index is -0.513. The summed E-state index contributed by atoms with van der Waals surface area (Å²) < 4.78 is 10.9. The van der Waals surface area contributed by atoms with E-state index in [0.29, 0.717) is 19.0 Å². The number of guanidine groups is 1. The lowest BCUT2D eigenvalue weighted by molar-refractivity contribution is 0.0340. The van der Waals surface area contributed by atoms with Crippen LogP contribution in [0.25, 0.3) is 0 Å². The van der Waals surface area contributed by atoms with Crippen molar-refractivity contribution in [1.29, 1.82) is 0 Å². The zero-order valence-electron chi connectivity index (χ0n) is 20.4. The third-order valence-corrected chi connectivity index (χ3v) is 5.16. The minimum absolute atomic E-state index is 0.0398. The molecule has 1 amide bonds. The normalized spacial score (nSPS) is 16.3. The molecule has 1 unspecified atom stereocenters. The van der Waals surface area contributed by atoms with E-state index in [0.717, 1.165) is 45.7 Å². The Morgan fingerprint density at radius 2 is 1.88 bits per heavy atom. The fraction of sp³-hybridized carbons (Fsp3) is 0.667. The lowest BCUT2D eigenvalue weighted by Crippen LogP contribution is -2.48. The maximum absolute atomic E-state index is 12.2. The number of morpholine rings is 1. The van der Waals surface area contributed by atoms with Gasteiger partial charge in [-0.1, -0.05) is 37.6 Å². The molecule has 1 aliphatic rings. The Bertz CT molecular complexity index is 727. The van der Waals surface area contributed by atoms with Crippen molar-refractivity contribution in [2.45, 2.75) is 65.3 Å². The molecule has 8 heteroatoms. The van der Waals surface area contributed by atoms with Gasteiger partial charge in [-0.25, -0.2) is 4.79 Å². The van der Waals surface area contributed by atoms with Crippen LogP contribution in [-0.2, 0) is 22.6 Å². The first-order valence-corrected chi connectivity index (χ1v) is 11.6. The van der Waals surface area contributed by atoms with Gasteiger partial charge < -0.3 is 25.4 Å². The quantitative estimate of drug-likeness (QED) is 0.399. The van der Waals surface area contributed by atoms with Gasteiger partial charge in [0.05, 0.1) is 13.2 Å². The number of hydrogen-bond acceptors (Lipinski definition) is 5. The average molecular weight is 448 g/mol. The van der Waals surface area contributed by atoms with Crippen molar-refractivity contribution in [3.8, 4) is 0 Å². The molecule has 32 heavy (non-hydrogen) atoms. The number of rotatable bonds is 9. The second-order valence-corrected chi connectivity index (χ2v) is 9.10. The first-order valence-electron chi connectivity index (χ1n) is 11.6. The molecule has 1 atom stereocenters. The Kier molecular flexibility index (Phi) is 10.8. The molecule has 0 aliphatic carbocycles. The highest BCUT2D eigenvalue weighted by Gasteiger charge is 2.19. The molecule has 180 valence electrons. The monoisotopic (exact) mass is 447 g/mol. The van der Waals surface area contributed by atoms with E-state index < -0.39 is 11.7 Å². The summed E-state index contributed by atoms with van der Waals surface area (Å²) in [5.74, 6) is 0.707. The number of hydrogen-bond donors (Lipinski definition) is 3. The molecule has 1 fully saturated rings. The highest BCUT2D eigenvalue weighted by atomic mass is 16.6. The van der Waals surface area contributed by atoms with Crippen LogP contribution in [0.2, 0.25) is 0 Å². The van der Waals surface area contributed by atoms with E-state index in [-0.39, 0.29) is 6.04 Å². The van der Waals surface area contributed by atoms with Crippen LogP contribution in [0.1, 0.15) is 51.7 Å². The van der Waals surface area contributed by atoms with E-state index in [1.807, 2.05) is 20.8 Å². The van der Waals surface area contributed by atoms with Gasteiger partial charge in [-0.05, 0) is 38.3 Å². The molecule has 0 saturated carbocycles. The predicted octanol–water partition coefficient (Wildman–Crippen LogP) is 2.88. The number of nitrogens with one attached hydrogen (secondary N) is 3. The van der Waals surface area contributed by atoms with E-state index in [4.69, 9.17) is 9.47 Å². The maximum Gasteiger partial charge on any atom is 0.407 e. The Hall–Kier alpha value is -2.32. The van der Waals surface area contributed by atoms with E-state index >= 15 is 0 Å². The highest BCUT2D eigenvalue weighted by Crippen LogP contribution is 2.13.